The Morgan fingerprint density at radius 3 is 2.38 bits per heavy atom. The van der Waals surface area contributed by atoms with Gasteiger partial charge in [0.15, 0.2) is 11.3 Å². The number of nitrogen functional groups attached to an aromatic ring is 1. The number of carbonyl (C=O) groups excluding carboxylic acids is 3. The van der Waals surface area contributed by atoms with Crippen molar-refractivity contribution in [3.63, 3.8) is 0 Å². The highest BCUT2D eigenvalue weighted by atomic mass is 32.2. The zero-order chi connectivity index (χ0) is 39.2. The highest BCUT2D eigenvalue weighted by Gasteiger charge is 2.41. The normalized spacial score (nSPS) is 20.9. The molecule has 1 aliphatic carbocycles. The lowest BCUT2D eigenvalue weighted by Gasteiger charge is -2.39. The van der Waals surface area contributed by atoms with Crippen LogP contribution < -0.4 is 31.2 Å². The number of amides is 3. The maximum absolute atomic E-state index is 13.6. The number of thioether (sulfide) groups is 1. The summed E-state index contributed by atoms with van der Waals surface area (Å²) in [6.45, 7) is 6.08. The Morgan fingerprint density at radius 2 is 1.75 bits per heavy atom. The second kappa shape index (κ2) is 17.7. The minimum Gasteiger partial charge on any atom is -0.496 e. The fourth-order valence-electron chi connectivity index (χ4n) is 7.60. The van der Waals surface area contributed by atoms with Gasteiger partial charge in [0.05, 0.1) is 37.8 Å². The van der Waals surface area contributed by atoms with E-state index in [4.69, 9.17) is 31.1 Å². The van der Waals surface area contributed by atoms with E-state index in [-0.39, 0.29) is 47.7 Å². The number of unbranched alkanes of at least 4 members (excludes halogenated alkanes) is 1. The largest absolute Gasteiger partial charge is 0.496 e. The average molecular weight is 781 g/mol. The molecule has 4 heterocycles. The first-order valence-electron chi connectivity index (χ1n) is 19.0. The highest BCUT2D eigenvalue weighted by Crippen LogP contribution is 2.37. The number of rotatable bonds is 16. The molecule has 3 aliphatic rings. The minimum atomic E-state index is -1.13. The van der Waals surface area contributed by atoms with E-state index < -0.39 is 17.3 Å². The van der Waals surface area contributed by atoms with Crippen LogP contribution >= 0.6 is 11.8 Å². The van der Waals surface area contributed by atoms with E-state index in [0.717, 1.165) is 55.2 Å². The Balaban J connectivity index is 1.02. The molecule has 1 aromatic carbocycles. The third-order valence-electron chi connectivity index (χ3n) is 10.8. The maximum atomic E-state index is 13.6. The van der Waals surface area contributed by atoms with Crippen molar-refractivity contribution in [3.8, 4) is 11.5 Å². The van der Waals surface area contributed by atoms with Gasteiger partial charge in [-0.25, -0.2) is 4.98 Å². The van der Waals surface area contributed by atoms with Gasteiger partial charge in [0, 0.05) is 75.2 Å². The number of imide groups is 1. The van der Waals surface area contributed by atoms with Crippen molar-refractivity contribution in [1.29, 1.82) is 0 Å². The lowest BCUT2D eigenvalue weighted by atomic mass is 9.81. The molecule has 18 heteroatoms. The van der Waals surface area contributed by atoms with Gasteiger partial charge in [-0.2, -0.15) is 10.1 Å². The molecule has 1 unspecified atom stereocenters. The number of hydrogen-bond donors (Lipinski definition) is 4. The van der Waals surface area contributed by atoms with E-state index in [1.54, 1.807) is 18.9 Å². The first-order chi connectivity index (χ1) is 26.5. The number of carbonyl (C=O) groups is 4. The molecule has 0 spiro atoms. The van der Waals surface area contributed by atoms with Gasteiger partial charge >= 0.3 is 5.97 Å². The highest BCUT2D eigenvalue weighted by molar-refractivity contribution is 8.00. The second-order valence-corrected chi connectivity index (χ2v) is 15.7. The Labute approximate surface area is 324 Å². The Bertz CT molecular complexity index is 1850. The van der Waals surface area contributed by atoms with Crippen LogP contribution in [0.5, 0.6) is 11.5 Å². The lowest BCUT2D eigenvalue weighted by molar-refractivity contribution is -0.141. The number of methoxy groups -OCH3 is 2. The molecule has 3 aromatic rings. The third kappa shape index (κ3) is 9.18. The van der Waals surface area contributed by atoms with Crippen molar-refractivity contribution < 1.29 is 33.8 Å². The van der Waals surface area contributed by atoms with E-state index in [2.05, 4.69) is 27.1 Å². The fraction of sp³-hybridized carbons (Fsp3) is 0.595. The predicted octanol–water partition coefficient (Wildman–Crippen LogP) is 2.41. The third-order valence-corrected chi connectivity index (χ3v) is 12.1. The topological polar surface area (TPSA) is 224 Å². The van der Waals surface area contributed by atoms with Crippen molar-refractivity contribution in [3.05, 3.63) is 23.9 Å². The number of aliphatic carboxylic acids is 1. The zero-order valence-corrected chi connectivity index (χ0v) is 32.6. The Hall–Kier alpha value is -4.84. The average Bonchev–Trinajstić information content (AvgIpc) is 3.71. The minimum absolute atomic E-state index is 0.0620. The number of ether oxygens (including phenoxy) is 2. The van der Waals surface area contributed by atoms with Crippen LogP contribution in [0.4, 0.5) is 17.5 Å². The molecule has 3 fully saturated rings. The van der Waals surface area contributed by atoms with Crippen LogP contribution in [0.3, 0.4) is 0 Å². The summed E-state index contributed by atoms with van der Waals surface area (Å²) in [4.78, 5) is 64.5. The summed E-state index contributed by atoms with van der Waals surface area (Å²) in [5.74, 6) is 0.740. The van der Waals surface area contributed by atoms with Crippen LogP contribution in [0.1, 0.15) is 57.4 Å². The van der Waals surface area contributed by atoms with Gasteiger partial charge in [-0.1, -0.05) is 13.3 Å². The van der Waals surface area contributed by atoms with E-state index in [1.807, 2.05) is 23.2 Å². The Kier molecular flexibility index (Phi) is 12.9. The number of aromatic nitrogens is 4. The molecular formula is C37H52N10O7S. The fourth-order valence-corrected chi connectivity index (χ4v) is 8.71. The van der Waals surface area contributed by atoms with E-state index >= 15 is 0 Å². The molecule has 0 radical (unpaired) electrons. The first-order valence-corrected chi connectivity index (χ1v) is 20.0. The van der Waals surface area contributed by atoms with Gasteiger partial charge in [-0.3, -0.25) is 28.8 Å². The first kappa shape index (κ1) is 39.8. The molecule has 0 bridgehead atoms. The summed E-state index contributed by atoms with van der Waals surface area (Å²) in [7, 11) is 3.26. The zero-order valence-electron chi connectivity index (χ0n) is 31.7. The van der Waals surface area contributed by atoms with Gasteiger partial charge in [-0.15, -0.1) is 11.8 Å². The SMILES string of the molecule is CCCCNc1nc(N)nc2cn(Cc3c(OC)cc(N4CCN(C(=O)C5CCC(CN6C(=O)CC(SC[C@@H](N)C(=O)O)C6=O)CC5)CC4)cc3OC)nc12. The number of fused-ring (bicyclic) bond motifs is 1. The van der Waals surface area contributed by atoms with Gasteiger partial charge in [0.25, 0.3) is 0 Å². The lowest BCUT2D eigenvalue weighted by Crippen LogP contribution is -2.51. The molecule has 6 N–H and O–H groups in total. The summed E-state index contributed by atoms with van der Waals surface area (Å²) >= 11 is 1.13. The van der Waals surface area contributed by atoms with Crippen molar-refractivity contribution in [2.24, 2.45) is 17.6 Å². The summed E-state index contributed by atoms with van der Waals surface area (Å²) in [5, 5.41) is 16.5. The molecule has 2 aromatic heterocycles. The number of carboxylic acids is 1. The number of nitrogens with one attached hydrogen (secondary N) is 1. The van der Waals surface area contributed by atoms with Crippen LogP contribution in [0.2, 0.25) is 0 Å². The number of benzene rings is 1. The van der Waals surface area contributed by atoms with Crippen LogP contribution in [0.25, 0.3) is 11.0 Å². The van der Waals surface area contributed by atoms with Crippen LogP contribution in [0.15, 0.2) is 18.3 Å². The number of nitrogens with zero attached hydrogens (tertiary/aromatic N) is 7. The molecule has 6 rings (SSSR count). The van der Waals surface area contributed by atoms with Gasteiger partial charge < -0.3 is 41.2 Å². The van der Waals surface area contributed by atoms with Crippen molar-refractivity contribution >= 4 is 63.9 Å². The van der Waals surface area contributed by atoms with Gasteiger partial charge in [0.1, 0.15) is 23.1 Å². The number of carboxylic acid groups (broad SMARTS) is 1. The Morgan fingerprint density at radius 1 is 1.05 bits per heavy atom. The molecular weight excluding hydrogens is 729 g/mol. The van der Waals surface area contributed by atoms with Crippen molar-refractivity contribution in [2.45, 2.75) is 69.7 Å². The van der Waals surface area contributed by atoms with Gasteiger partial charge in [-0.05, 0) is 38.0 Å². The van der Waals surface area contributed by atoms with Crippen molar-refractivity contribution in [1.82, 2.24) is 29.5 Å². The quantitative estimate of drug-likeness (QED) is 0.121. The van der Waals surface area contributed by atoms with Gasteiger partial charge in [0.2, 0.25) is 23.7 Å². The van der Waals surface area contributed by atoms with Crippen molar-refractivity contribution in [2.75, 3.05) is 75.2 Å². The molecule has 55 heavy (non-hydrogen) atoms. The smallest absolute Gasteiger partial charge is 0.321 e. The predicted molar refractivity (Wildman–Crippen MR) is 209 cm³/mol. The summed E-state index contributed by atoms with van der Waals surface area (Å²) in [6.07, 6.45) is 6.88. The number of hydrogen-bond acceptors (Lipinski definition) is 14. The number of piperazine rings is 1. The van der Waals surface area contributed by atoms with Crippen LogP contribution in [0, 0.1) is 11.8 Å². The number of nitrogens with two attached hydrogens (primary N) is 2. The number of likely N-dealkylation sites (tertiary alicyclic amines) is 1. The molecule has 2 atom stereocenters. The molecule has 298 valence electrons. The van der Waals surface area contributed by atoms with E-state index in [0.29, 0.717) is 80.5 Å². The second-order valence-electron chi connectivity index (χ2n) is 14.4. The monoisotopic (exact) mass is 780 g/mol. The molecule has 3 amide bonds. The van der Waals surface area contributed by atoms with Crippen LogP contribution in [-0.2, 0) is 25.7 Å². The van der Waals surface area contributed by atoms with E-state index in [1.165, 1.54) is 4.90 Å². The van der Waals surface area contributed by atoms with Crippen LogP contribution in [-0.4, -0.2) is 129 Å². The number of anilines is 3. The molecule has 17 nitrogen and oxygen atoms in total. The summed E-state index contributed by atoms with van der Waals surface area (Å²) in [5.41, 5.74) is 14.6. The molecule has 2 saturated heterocycles. The standard InChI is InChI=1S/C37H52N10O7S/c1-4-5-10-40-33-32-27(41-37(39)42-33)20-46(43-32)19-25-28(53-2)15-24(16-29(25)54-3)44-11-13-45(14-12-44)34(49)23-8-6-22(7-9-23)18-47-31(48)17-30(35(47)50)55-21-26(38)36(51)52/h15-16,20,22-23,26,30H,4-14,17-19,21,38H2,1-3H3,(H,51,52)(H3,39,40,41,42)/t22?,23?,26-,30?/m1/s1. The summed E-state index contributed by atoms with van der Waals surface area (Å²) < 4.78 is 13.5. The van der Waals surface area contributed by atoms with E-state index in [9.17, 15) is 19.2 Å². The molecule has 1 saturated carbocycles. The maximum Gasteiger partial charge on any atom is 0.321 e. The summed E-state index contributed by atoms with van der Waals surface area (Å²) in [6, 6.07) is 2.91. The molecule has 2 aliphatic heterocycles.